The first-order valence-electron chi connectivity index (χ1n) is 10.4. The summed E-state index contributed by atoms with van der Waals surface area (Å²) in [6.07, 6.45) is 3.82. The summed E-state index contributed by atoms with van der Waals surface area (Å²) < 4.78 is 10.8. The highest BCUT2D eigenvalue weighted by atomic mass is 16.5. The Bertz CT molecular complexity index is 923. The quantitative estimate of drug-likeness (QED) is 0.548. The molecule has 1 atom stereocenters. The van der Waals surface area contributed by atoms with Crippen molar-refractivity contribution in [3.05, 3.63) is 89.9 Å². The van der Waals surface area contributed by atoms with Crippen molar-refractivity contribution >= 4 is 5.91 Å². The van der Waals surface area contributed by atoms with Crippen LogP contribution in [0.15, 0.2) is 77.4 Å². The van der Waals surface area contributed by atoms with Crippen LogP contribution in [0.3, 0.4) is 0 Å². The molecule has 1 aromatic heterocycles. The van der Waals surface area contributed by atoms with Crippen LogP contribution < -0.4 is 4.74 Å². The number of hydrogen-bond acceptors (Lipinski definition) is 4. The highest BCUT2D eigenvalue weighted by Gasteiger charge is 2.29. The predicted octanol–water partition coefficient (Wildman–Crippen LogP) is 4.65. The molecule has 4 rings (SSSR count). The van der Waals surface area contributed by atoms with Crippen molar-refractivity contribution in [2.75, 3.05) is 20.2 Å². The molecule has 1 aliphatic heterocycles. The van der Waals surface area contributed by atoms with Crippen LogP contribution in [0.1, 0.15) is 35.8 Å². The minimum atomic E-state index is 0.121. The van der Waals surface area contributed by atoms with Crippen LogP contribution in [-0.2, 0) is 17.9 Å². The number of carbonyl (C=O) groups excluding carboxylic acids is 1. The summed E-state index contributed by atoms with van der Waals surface area (Å²) in [4.78, 5) is 17.5. The number of carbonyl (C=O) groups is 1. The number of ether oxygens (including phenoxy) is 1. The number of hydrogen-bond donors (Lipinski definition) is 0. The molecular weight excluding hydrogens is 376 g/mol. The molecule has 0 bridgehead atoms. The molecule has 0 aliphatic carbocycles. The van der Waals surface area contributed by atoms with Crippen molar-refractivity contribution in [1.29, 1.82) is 0 Å². The van der Waals surface area contributed by atoms with Gasteiger partial charge in [0.1, 0.15) is 11.5 Å². The monoisotopic (exact) mass is 404 g/mol. The molecule has 1 aliphatic rings. The molecule has 0 saturated carbocycles. The zero-order valence-corrected chi connectivity index (χ0v) is 17.4. The maximum absolute atomic E-state index is 13.3. The van der Waals surface area contributed by atoms with Crippen LogP contribution in [0.2, 0.25) is 0 Å². The third-order valence-electron chi connectivity index (χ3n) is 5.70. The largest absolute Gasteiger partial charge is 0.497 e. The Morgan fingerprint density at radius 3 is 2.57 bits per heavy atom. The van der Waals surface area contributed by atoms with E-state index in [1.165, 1.54) is 5.56 Å². The van der Waals surface area contributed by atoms with Gasteiger partial charge in [0.2, 0.25) is 5.91 Å². The van der Waals surface area contributed by atoms with Crippen molar-refractivity contribution in [3.63, 3.8) is 0 Å². The van der Waals surface area contributed by atoms with Crippen molar-refractivity contribution in [1.82, 2.24) is 9.80 Å². The average Bonchev–Trinajstić information content (AvgIpc) is 3.46. The minimum absolute atomic E-state index is 0.121. The molecule has 3 aromatic rings. The molecular formula is C25H28N2O3. The molecule has 30 heavy (non-hydrogen) atoms. The minimum Gasteiger partial charge on any atom is -0.497 e. The van der Waals surface area contributed by atoms with Crippen molar-refractivity contribution in [3.8, 4) is 5.75 Å². The van der Waals surface area contributed by atoms with Crippen LogP contribution >= 0.6 is 0 Å². The van der Waals surface area contributed by atoms with Crippen molar-refractivity contribution in [2.24, 2.45) is 0 Å². The zero-order chi connectivity index (χ0) is 20.8. The number of benzene rings is 2. The van der Waals surface area contributed by atoms with Gasteiger partial charge in [-0.05, 0) is 54.8 Å². The smallest absolute Gasteiger partial charge is 0.237 e. The standard InChI is InChI=1S/C25H28N2O3/c1-29-22-13-11-21(12-14-22)24-10-5-15-26(24)19-25(28)27(18-23-9-6-16-30-23)17-20-7-3-2-4-8-20/h2-4,6-9,11-14,16,24H,5,10,15,17-19H2,1H3/t24-/m0/s1. The van der Waals surface area contributed by atoms with E-state index in [2.05, 4.69) is 29.2 Å². The van der Waals surface area contributed by atoms with Gasteiger partial charge in [0, 0.05) is 12.6 Å². The average molecular weight is 405 g/mol. The second-order valence-electron chi connectivity index (χ2n) is 7.72. The van der Waals surface area contributed by atoms with Crippen molar-refractivity contribution in [2.45, 2.75) is 32.0 Å². The first kappa shape index (κ1) is 20.2. The van der Waals surface area contributed by atoms with Gasteiger partial charge in [-0.25, -0.2) is 0 Å². The van der Waals surface area contributed by atoms with E-state index in [1.807, 2.05) is 47.4 Å². The van der Waals surface area contributed by atoms with Gasteiger partial charge in [-0.2, -0.15) is 0 Å². The van der Waals surface area contributed by atoms with E-state index in [9.17, 15) is 4.79 Å². The number of rotatable bonds is 8. The van der Waals surface area contributed by atoms with Crippen LogP contribution in [0.4, 0.5) is 0 Å². The van der Waals surface area contributed by atoms with E-state index in [1.54, 1.807) is 13.4 Å². The van der Waals surface area contributed by atoms with E-state index in [4.69, 9.17) is 9.15 Å². The summed E-state index contributed by atoms with van der Waals surface area (Å²) in [6.45, 7) is 2.38. The zero-order valence-electron chi connectivity index (χ0n) is 17.4. The number of amides is 1. The Morgan fingerprint density at radius 1 is 1.07 bits per heavy atom. The van der Waals surface area contributed by atoms with E-state index in [0.717, 1.165) is 36.5 Å². The predicted molar refractivity (Wildman–Crippen MR) is 116 cm³/mol. The maximum Gasteiger partial charge on any atom is 0.237 e. The van der Waals surface area contributed by atoms with Crippen LogP contribution in [0.5, 0.6) is 5.75 Å². The van der Waals surface area contributed by atoms with Gasteiger partial charge in [-0.3, -0.25) is 9.69 Å². The summed E-state index contributed by atoms with van der Waals surface area (Å²) in [5.41, 5.74) is 2.35. The molecule has 1 saturated heterocycles. The van der Waals surface area contributed by atoms with Gasteiger partial charge in [0.25, 0.3) is 0 Å². The Labute approximate surface area is 177 Å². The maximum atomic E-state index is 13.3. The van der Waals surface area contributed by atoms with Crippen LogP contribution in [0, 0.1) is 0 Å². The van der Waals surface area contributed by atoms with Gasteiger partial charge in [-0.1, -0.05) is 42.5 Å². The van der Waals surface area contributed by atoms with Crippen molar-refractivity contribution < 1.29 is 13.9 Å². The first-order valence-corrected chi connectivity index (χ1v) is 10.4. The fraction of sp³-hybridized carbons (Fsp3) is 0.320. The SMILES string of the molecule is COc1ccc([C@@H]2CCCN2CC(=O)N(Cc2ccccc2)Cc2ccco2)cc1. The summed E-state index contributed by atoms with van der Waals surface area (Å²) in [7, 11) is 1.68. The normalized spacial score (nSPS) is 16.5. The Morgan fingerprint density at radius 2 is 1.87 bits per heavy atom. The molecule has 1 fully saturated rings. The second kappa shape index (κ2) is 9.63. The van der Waals surface area contributed by atoms with Gasteiger partial charge in [0.15, 0.2) is 0 Å². The highest BCUT2D eigenvalue weighted by Crippen LogP contribution is 2.32. The molecule has 0 N–H and O–H groups in total. The fourth-order valence-corrected chi connectivity index (χ4v) is 4.12. The summed E-state index contributed by atoms with van der Waals surface area (Å²) in [6, 6.07) is 22.4. The molecule has 0 radical (unpaired) electrons. The molecule has 5 nitrogen and oxygen atoms in total. The topological polar surface area (TPSA) is 45.9 Å². The molecule has 1 amide bonds. The Balaban J connectivity index is 1.47. The molecule has 0 unspecified atom stereocenters. The van der Waals surface area contributed by atoms with E-state index < -0.39 is 0 Å². The fourth-order valence-electron chi connectivity index (χ4n) is 4.12. The van der Waals surface area contributed by atoms with Gasteiger partial charge >= 0.3 is 0 Å². The molecule has 2 aromatic carbocycles. The lowest BCUT2D eigenvalue weighted by atomic mass is 10.0. The Kier molecular flexibility index (Phi) is 6.50. The lowest BCUT2D eigenvalue weighted by molar-refractivity contribution is -0.134. The lowest BCUT2D eigenvalue weighted by Crippen LogP contribution is -2.39. The summed E-state index contributed by atoms with van der Waals surface area (Å²) in [5.74, 6) is 1.77. The Hall–Kier alpha value is -3.05. The van der Waals surface area contributed by atoms with Gasteiger partial charge in [0.05, 0.1) is 26.5 Å². The number of likely N-dealkylation sites (tertiary alicyclic amines) is 1. The van der Waals surface area contributed by atoms with Gasteiger partial charge in [-0.15, -0.1) is 0 Å². The molecule has 0 spiro atoms. The third-order valence-corrected chi connectivity index (χ3v) is 5.70. The molecule has 156 valence electrons. The van der Waals surface area contributed by atoms with E-state index in [-0.39, 0.29) is 11.9 Å². The summed E-state index contributed by atoms with van der Waals surface area (Å²) >= 11 is 0. The number of nitrogens with zero attached hydrogens (tertiary/aromatic N) is 2. The third kappa shape index (κ3) is 4.92. The summed E-state index contributed by atoms with van der Waals surface area (Å²) in [5, 5.41) is 0. The first-order chi connectivity index (χ1) is 14.7. The molecule has 2 heterocycles. The van der Waals surface area contributed by atoms with E-state index >= 15 is 0 Å². The van der Waals surface area contributed by atoms with Gasteiger partial charge < -0.3 is 14.1 Å². The number of furan rings is 1. The highest BCUT2D eigenvalue weighted by molar-refractivity contribution is 5.78. The molecule has 5 heteroatoms. The van der Waals surface area contributed by atoms with E-state index in [0.29, 0.717) is 19.6 Å². The van der Waals surface area contributed by atoms with Crippen LogP contribution in [0.25, 0.3) is 0 Å². The number of methoxy groups -OCH3 is 1. The van der Waals surface area contributed by atoms with Crippen LogP contribution in [-0.4, -0.2) is 35.9 Å². The second-order valence-corrected chi connectivity index (χ2v) is 7.72. The lowest BCUT2D eigenvalue weighted by Gasteiger charge is -2.28.